The van der Waals surface area contributed by atoms with Crippen molar-refractivity contribution < 1.29 is 0 Å². The first kappa shape index (κ1) is 17.7. The molecule has 1 aliphatic heterocycles. The third-order valence-electron chi connectivity index (χ3n) is 4.36. The van der Waals surface area contributed by atoms with Crippen LogP contribution in [0.4, 0.5) is 0 Å². The highest BCUT2D eigenvalue weighted by molar-refractivity contribution is 5.14. The second kappa shape index (κ2) is 8.19. The Morgan fingerprint density at radius 3 is 2.45 bits per heavy atom. The Morgan fingerprint density at radius 2 is 1.95 bits per heavy atom. The number of hydrogen-bond donors (Lipinski definition) is 1. The fourth-order valence-electron chi connectivity index (χ4n) is 2.86. The molecule has 0 spiro atoms. The molecule has 2 heteroatoms. The van der Waals surface area contributed by atoms with Crippen LogP contribution in [0.2, 0.25) is 0 Å². The largest absolute Gasteiger partial charge is 0.316 e. The van der Waals surface area contributed by atoms with Crippen LogP contribution in [0.1, 0.15) is 60.8 Å². The first-order valence-corrected chi connectivity index (χ1v) is 8.45. The minimum absolute atomic E-state index is 0.357. The predicted octanol–water partition coefficient (Wildman–Crippen LogP) is 4.08. The molecule has 0 saturated heterocycles. The van der Waals surface area contributed by atoms with Crippen molar-refractivity contribution in [1.29, 1.82) is 0 Å². The first-order chi connectivity index (χ1) is 9.30. The highest BCUT2D eigenvalue weighted by atomic mass is 15.1. The molecule has 2 nitrogen and oxygen atoms in total. The van der Waals surface area contributed by atoms with Crippen molar-refractivity contribution >= 4 is 0 Å². The van der Waals surface area contributed by atoms with Crippen LogP contribution in [-0.4, -0.2) is 37.1 Å². The maximum Gasteiger partial charge on any atom is 0.0168 e. The van der Waals surface area contributed by atoms with Gasteiger partial charge < -0.3 is 5.32 Å². The molecule has 118 valence electrons. The van der Waals surface area contributed by atoms with Crippen LogP contribution in [0, 0.1) is 11.3 Å². The molecular weight excluding hydrogens is 244 g/mol. The molecule has 1 rings (SSSR count). The fourth-order valence-corrected chi connectivity index (χ4v) is 2.86. The minimum Gasteiger partial charge on any atom is -0.316 e. The molecule has 0 bridgehead atoms. The molecule has 0 fully saturated rings. The van der Waals surface area contributed by atoms with Gasteiger partial charge in [-0.1, -0.05) is 46.3 Å². The van der Waals surface area contributed by atoms with Crippen molar-refractivity contribution in [3.05, 3.63) is 11.6 Å². The molecule has 0 radical (unpaired) electrons. The summed E-state index contributed by atoms with van der Waals surface area (Å²) in [6, 6.07) is 0.716. The van der Waals surface area contributed by atoms with Gasteiger partial charge in [0, 0.05) is 19.1 Å². The Morgan fingerprint density at radius 1 is 1.25 bits per heavy atom. The summed E-state index contributed by atoms with van der Waals surface area (Å²) in [5.41, 5.74) is 2.00. The Kier molecular flexibility index (Phi) is 7.25. The number of nitrogens with one attached hydrogen (secondary N) is 1. The van der Waals surface area contributed by atoms with Crippen LogP contribution in [0.15, 0.2) is 11.6 Å². The van der Waals surface area contributed by atoms with Crippen LogP contribution in [0.5, 0.6) is 0 Å². The second-order valence-corrected chi connectivity index (χ2v) is 7.81. The van der Waals surface area contributed by atoms with E-state index in [1.165, 1.54) is 32.4 Å². The van der Waals surface area contributed by atoms with E-state index >= 15 is 0 Å². The summed E-state index contributed by atoms with van der Waals surface area (Å²) in [4.78, 5) is 2.64. The standard InChI is InChI=1S/C18H36N2/c1-15(2)14-19-11-7-8-16(3)20-12-9-17(10-13-20)18(4,5)6/h9,15-16,19H,7-8,10-14H2,1-6H3. The van der Waals surface area contributed by atoms with Crippen molar-refractivity contribution in [2.45, 2.75) is 66.8 Å². The van der Waals surface area contributed by atoms with Gasteiger partial charge in [0.2, 0.25) is 0 Å². The van der Waals surface area contributed by atoms with Gasteiger partial charge in [-0.15, -0.1) is 0 Å². The summed E-state index contributed by atoms with van der Waals surface area (Å²) in [6.07, 6.45) is 6.32. The van der Waals surface area contributed by atoms with E-state index < -0.39 is 0 Å². The van der Waals surface area contributed by atoms with Gasteiger partial charge in [0.25, 0.3) is 0 Å². The lowest BCUT2D eigenvalue weighted by molar-refractivity contribution is 0.204. The van der Waals surface area contributed by atoms with Crippen molar-refractivity contribution in [2.24, 2.45) is 11.3 Å². The van der Waals surface area contributed by atoms with Gasteiger partial charge in [0.15, 0.2) is 0 Å². The normalized spacial score (nSPS) is 19.2. The van der Waals surface area contributed by atoms with Gasteiger partial charge in [-0.25, -0.2) is 0 Å². The Bertz CT molecular complexity index is 299. The van der Waals surface area contributed by atoms with Crippen molar-refractivity contribution in [3.63, 3.8) is 0 Å². The van der Waals surface area contributed by atoms with Crippen molar-refractivity contribution in [1.82, 2.24) is 10.2 Å². The number of hydrogen-bond acceptors (Lipinski definition) is 2. The van der Waals surface area contributed by atoms with E-state index in [0.29, 0.717) is 11.5 Å². The van der Waals surface area contributed by atoms with E-state index in [9.17, 15) is 0 Å². The zero-order chi connectivity index (χ0) is 15.2. The quantitative estimate of drug-likeness (QED) is 0.558. The van der Waals surface area contributed by atoms with Gasteiger partial charge in [0.05, 0.1) is 0 Å². The maximum absolute atomic E-state index is 3.54. The highest BCUT2D eigenvalue weighted by Gasteiger charge is 2.23. The molecule has 1 N–H and O–H groups in total. The summed E-state index contributed by atoms with van der Waals surface area (Å²) < 4.78 is 0. The average molecular weight is 281 g/mol. The van der Waals surface area contributed by atoms with Crippen LogP contribution in [-0.2, 0) is 0 Å². The molecule has 0 amide bonds. The smallest absolute Gasteiger partial charge is 0.0168 e. The van der Waals surface area contributed by atoms with Crippen molar-refractivity contribution in [3.8, 4) is 0 Å². The molecule has 0 saturated carbocycles. The lowest BCUT2D eigenvalue weighted by Crippen LogP contribution is -2.38. The zero-order valence-corrected chi connectivity index (χ0v) is 14.6. The zero-order valence-electron chi connectivity index (χ0n) is 14.6. The SMILES string of the molecule is CC(C)CNCCCC(C)N1CC=C(C(C)(C)C)CC1. The lowest BCUT2D eigenvalue weighted by atomic mass is 9.82. The maximum atomic E-state index is 3.54. The monoisotopic (exact) mass is 280 g/mol. The molecular formula is C18H36N2. The lowest BCUT2D eigenvalue weighted by Gasteiger charge is -2.35. The molecule has 0 aliphatic carbocycles. The van der Waals surface area contributed by atoms with E-state index in [4.69, 9.17) is 0 Å². The van der Waals surface area contributed by atoms with E-state index in [0.717, 1.165) is 19.0 Å². The molecule has 0 aromatic carbocycles. The Hall–Kier alpha value is -0.340. The fraction of sp³-hybridized carbons (Fsp3) is 0.889. The van der Waals surface area contributed by atoms with E-state index in [1.807, 2.05) is 0 Å². The van der Waals surface area contributed by atoms with E-state index in [1.54, 1.807) is 5.57 Å². The van der Waals surface area contributed by atoms with Gasteiger partial charge in [0.1, 0.15) is 0 Å². The van der Waals surface area contributed by atoms with E-state index in [2.05, 4.69) is 57.8 Å². The van der Waals surface area contributed by atoms with Gasteiger partial charge in [-0.2, -0.15) is 0 Å². The van der Waals surface area contributed by atoms with Gasteiger partial charge in [-0.3, -0.25) is 4.90 Å². The summed E-state index contributed by atoms with van der Waals surface area (Å²) in [6.45, 7) is 18.6. The first-order valence-electron chi connectivity index (χ1n) is 8.45. The molecule has 0 aromatic rings. The molecule has 1 atom stereocenters. The molecule has 1 heterocycles. The predicted molar refractivity (Wildman–Crippen MR) is 90.1 cm³/mol. The topological polar surface area (TPSA) is 15.3 Å². The summed E-state index contributed by atoms with van der Waals surface area (Å²) in [5, 5.41) is 3.54. The van der Waals surface area contributed by atoms with Crippen LogP contribution in [0.3, 0.4) is 0 Å². The van der Waals surface area contributed by atoms with E-state index in [-0.39, 0.29) is 0 Å². The third kappa shape index (κ3) is 6.41. The van der Waals surface area contributed by atoms with Crippen LogP contribution >= 0.6 is 0 Å². The molecule has 0 aromatic heterocycles. The third-order valence-corrected chi connectivity index (χ3v) is 4.36. The van der Waals surface area contributed by atoms with Crippen LogP contribution < -0.4 is 5.32 Å². The summed E-state index contributed by atoms with van der Waals surface area (Å²) in [7, 11) is 0. The van der Waals surface area contributed by atoms with Crippen molar-refractivity contribution in [2.75, 3.05) is 26.2 Å². The molecule has 20 heavy (non-hydrogen) atoms. The Balaban J connectivity index is 2.22. The Labute approximate surface area is 127 Å². The van der Waals surface area contributed by atoms with Gasteiger partial charge in [-0.05, 0) is 50.6 Å². The highest BCUT2D eigenvalue weighted by Crippen LogP contribution is 2.30. The van der Waals surface area contributed by atoms with Gasteiger partial charge >= 0.3 is 0 Å². The second-order valence-electron chi connectivity index (χ2n) is 7.81. The number of rotatable bonds is 7. The molecule has 1 aliphatic rings. The summed E-state index contributed by atoms with van der Waals surface area (Å²) in [5.74, 6) is 0.760. The summed E-state index contributed by atoms with van der Waals surface area (Å²) >= 11 is 0. The molecule has 1 unspecified atom stereocenters. The minimum atomic E-state index is 0.357. The van der Waals surface area contributed by atoms with Crippen LogP contribution in [0.25, 0.3) is 0 Å². The average Bonchev–Trinajstić information content (AvgIpc) is 2.37. The number of nitrogens with zero attached hydrogens (tertiary/aromatic N) is 1.